The number of carbonyl (C=O) groups is 1. The maximum Gasteiger partial charge on any atom is 0.427 e. The van der Waals surface area contributed by atoms with Crippen molar-refractivity contribution in [2.45, 2.75) is 0 Å². The van der Waals surface area contributed by atoms with Crippen LogP contribution in [0, 0.1) is 10.1 Å². The van der Waals surface area contributed by atoms with E-state index >= 15 is 0 Å². The van der Waals surface area contributed by atoms with E-state index in [1.54, 1.807) is 12.1 Å². The molecule has 0 atom stereocenters. The van der Waals surface area contributed by atoms with Crippen LogP contribution in [0.1, 0.15) is 5.76 Å². The van der Waals surface area contributed by atoms with Crippen LogP contribution in [0.4, 0.5) is 10.5 Å². The molecule has 2 rings (SSSR count). The fourth-order valence-corrected chi connectivity index (χ4v) is 1.76. The molecule has 1 aromatic carbocycles. The lowest BCUT2D eigenvalue weighted by Crippen LogP contribution is -2.16. The van der Waals surface area contributed by atoms with E-state index in [1.807, 2.05) is 0 Å². The Morgan fingerprint density at radius 1 is 1.35 bits per heavy atom. The van der Waals surface area contributed by atoms with E-state index in [-0.39, 0.29) is 5.69 Å². The second-order valence-corrected chi connectivity index (χ2v) is 4.21. The number of nitro groups is 1. The minimum absolute atomic E-state index is 0.0822. The molecule has 1 amide bonds. The first-order chi connectivity index (χ1) is 11.0. The van der Waals surface area contributed by atoms with Crippen molar-refractivity contribution in [2.24, 2.45) is 5.10 Å². The summed E-state index contributed by atoms with van der Waals surface area (Å²) in [5, 5.41) is 14.4. The lowest BCUT2D eigenvalue weighted by molar-refractivity contribution is -0.384. The molecule has 23 heavy (non-hydrogen) atoms. The van der Waals surface area contributed by atoms with E-state index in [0.717, 1.165) is 0 Å². The first kappa shape index (κ1) is 16.0. The average molecular weight is 319 g/mol. The van der Waals surface area contributed by atoms with Crippen LogP contribution in [0.25, 0.3) is 11.3 Å². The molecule has 0 unspecified atom stereocenters. The van der Waals surface area contributed by atoms with E-state index < -0.39 is 11.0 Å². The topological polar surface area (TPSA) is 116 Å². The Morgan fingerprint density at radius 2 is 2.13 bits per heavy atom. The highest BCUT2D eigenvalue weighted by molar-refractivity contribution is 5.79. The summed E-state index contributed by atoms with van der Waals surface area (Å²) in [4.78, 5) is 21.1. The van der Waals surface area contributed by atoms with Gasteiger partial charge in [-0.05, 0) is 18.2 Å². The summed E-state index contributed by atoms with van der Waals surface area (Å²) in [5.74, 6) is 1.12. The van der Waals surface area contributed by atoms with Gasteiger partial charge in [0.15, 0.2) is 0 Å². The molecule has 0 radical (unpaired) electrons. The van der Waals surface area contributed by atoms with Crippen molar-refractivity contribution in [3.8, 4) is 17.1 Å². The average Bonchev–Trinajstić information content (AvgIpc) is 3.02. The Hall–Kier alpha value is -3.36. The second kappa shape index (κ2) is 7.07. The molecule has 1 heterocycles. The number of methoxy groups -OCH3 is 2. The first-order valence-electron chi connectivity index (χ1n) is 6.35. The lowest BCUT2D eigenvalue weighted by Gasteiger charge is -2.05. The van der Waals surface area contributed by atoms with E-state index in [0.29, 0.717) is 22.8 Å². The predicted octanol–water partition coefficient (Wildman–Crippen LogP) is 2.55. The van der Waals surface area contributed by atoms with E-state index in [1.165, 1.54) is 38.6 Å². The van der Waals surface area contributed by atoms with Crippen LogP contribution in [-0.2, 0) is 4.74 Å². The number of nitrogens with one attached hydrogen (secondary N) is 1. The Morgan fingerprint density at radius 3 is 2.78 bits per heavy atom. The van der Waals surface area contributed by atoms with Gasteiger partial charge in [-0.3, -0.25) is 10.1 Å². The van der Waals surface area contributed by atoms with Crippen LogP contribution in [-0.4, -0.2) is 31.5 Å². The minimum atomic E-state index is -0.704. The van der Waals surface area contributed by atoms with Crippen molar-refractivity contribution < 1.29 is 23.6 Å². The molecule has 0 saturated heterocycles. The molecular weight excluding hydrogens is 306 g/mol. The van der Waals surface area contributed by atoms with E-state index in [9.17, 15) is 14.9 Å². The summed E-state index contributed by atoms with van der Waals surface area (Å²) in [6.07, 6.45) is 0.586. The number of nitrogens with zero attached hydrogens (tertiary/aromatic N) is 2. The van der Waals surface area contributed by atoms with Crippen LogP contribution >= 0.6 is 0 Å². The van der Waals surface area contributed by atoms with Gasteiger partial charge in [-0.15, -0.1) is 0 Å². The molecule has 1 N–H and O–H groups in total. The lowest BCUT2D eigenvalue weighted by atomic mass is 10.1. The molecule has 0 bridgehead atoms. The van der Waals surface area contributed by atoms with Crippen molar-refractivity contribution in [3.05, 3.63) is 46.2 Å². The Bertz CT molecular complexity index is 753. The van der Waals surface area contributed by atoms with Gasteiger partial charge < -0.3 is 13.9 Å². The number of ether oxygens (including phenoxy) is 2. The van der Waals surface area contributed by atoms with Gasteiger partial charge in [0.2, 0.25) is 0 Å². The number of amides is 1. The third-order valence-electron chi connectivity index (χ3n) is 2.82. The predicted molar refractivity (Wildman–Crippen MR) is 80.5 cm³/mol. The summed E-state index contributed by atoms with van der Waals surface area (Å²) >= 11 is 0. The summed E-state index contributed by atoms with van der Waals surface area (Å²) in [6.45, 7) is 0. The monoisotopic (exact) mass is 319 g/mol. The number of benzene rings is 1. The molecule has 0 aliphatic heterocycles. The Kier molecular flexibility index (Phi) is 4.92. The number of carbonyl (C=O) groups excluding carboxylic acids is 1. The molecular formula is C14H13N3O6. The van der Waals surface area contributed by atoms with E-state index in [2.05, 4.69) is 15.3 Å². The van der Waals surface area contributed by atoms with Crippen molar-refractivity contribution >= 4 is 18.0 Å². The molecule has 1 aromatic heterocycles. The number of non-ortho nitro benzene ring substituents is 1. The molecule has 0 aliphatic carbocycles. The van der Waals surface area contributed by atoms with Gasteiger partial charge >= 0.3 is 6.09 Å². The third-order valence-corrected chi connectivity index (χ3v) is 2.82. The molecule has 120 valence electrons. The fraction of sp³-hybridized carbons (Fsp3) is 0.143. The molecule has 9 heteroatoms. The normalized spacial score (nSPS) is 10.5. The van der Waals surface area contributed by atoms with Crippen LogP contribution in [0.2, 0.25) is 0 Å². The Balaban J connectivity index is 2.23. The molecule has 0 spiro atoms. The zero-order chi connectivity index (χ0) is 16.8. The molecule has 0 aliphatic rings. The SMILES string of the molecule is COC(=O)N/N=C/c1ccc(-c2ccc([N+](=O)[O-])cc2OC)o1. The van der Waals surface area contributed by atoms with Crippen molar-refractivity contribution in [3.63, 3.8) is 0 Å². The maximum absolute atomic E-state index is 10.8. The van der Waals surface area contributed by atoms with Gasteiger partial charge in [-0.2, -0.15) is 5.10 Å². The van der Waals surface area contributed by atoms with Crippen LogP contribution in [0.15, 0.2) is 39.9 Å². The van der Waals surface area contributed by atoms with Gasteiger partial charge in [-0.25, -0.2) is 10.2 Å². The number of hydrazone groups is 1. The molecule has 9 nitrogen and oxygen atoms in total. The van der Waals surface area contributed by atoms with Gasteiger partial charge in [0.05, 0.1) is 37.0 Å². The van der Waals surface area contributed by atoms with Crippen LogP contribution in [0.5, 0.6) is 5.75 Å². The number of nitro benzene ring substituents is 1. The highest BCUT2D eigenvalue weighted by Gasteiger charge is 2.15. The van der Waals surface area contributed by atoms with Gasteiger partial charge in [0.25, 0.3) is 5.69 Å². The standard InChI is InChI=1S/C14H13N3O6/c1-21-13-7-9(17(19)20)3-5-11(13)12-6-4-10(23-12)8-15-16-14(18)22-2/h3-8H,1-2H3,(H,16,18)/b15-8+. The molecule has 2 aromatic rings. The maximum atomic E-state index is 10.8. The number of rotatable bonds is 5. The molecule has 0 fully saturated rings. The summed E-state index contributed by atoms with van der Waals surface area (Å²) in [7, 11) is 2.63. The van der Waals surface area contributed by atoms with Crippen molar-refractivity contribution in [1.82, 2.24) is 5.43 Å². The number of hydrogen-bond acceptors (Lipinski definition) is 7. The smallest absolute Gasteiger partial charge is 0.427 e. The zero-order valence-electron chi connectivity index (χ0n) is 12.3. The number of hydrogen-bond donors (Lipinski definition) is 1. The van der Waals surface area contributed by atoms with E-state index in [4.69, 9.17) is 9.15 Å². The van der Waals surface area contributed by atoms with Crippen molar-refractivity contribution in [2.75, 3.05) is 14.2 Å². The number of furan rings is 1. The third kappa shape index (κ3) is 3.84. The Labute approximate surface area is 130 Å². The van der Waals surface area contributed by atoms with Gasteiger partial charge in [0, 0.05) is 6.07 Å². The first-order valence-corrected chi connectivity index (χ1v) is 6.35. The minimum Gasteiger partial charge on any atom is -0.496 e. The summed E-state index contributed by atoms with van der Waals surface area (Å²) < 4.78 is 15.0. The highest BCUT2D eigenvalue weighted by Crippen LogP contribution is 2.33. The quantitative estimate of drug-likeness (QED) is 0.514. The largest absolute Gasteiger partial charge is 0.496 e. The highest BCUT2D eigenvalue weighted by atomic mass is 16.6. The molecule has 0 saturated carbocycles. The van der Waals surface area contributed by atoms with Crippen LogP contribution < -0.4 is 10.2 Å². The second-order valence-electron chi connectivity index (χ2n) is 4.21. The fourth-order valence-electron chi connectivity index (χ4n) is 1.76. The van der Waals surface area contributed by atoms with Crippen molar-refractivity contribution in [1.29, 1.82) is 0 Å². The summed E-state index contributed by atoms with van der Waals surface area (Å²) in [6, 6.07) is 7.47. The zero-order valence-corrected chi connectivity index (χ0v) is 12.3. The van der Waals surface area contributed by atoms with Gasteiger partial charge in [0.1, 0.15) is 17.3 Å². The summed E-state index contributed by atoms with van der Waals surface area (Å²) in [5.41, 5.74) is 2.59. The van der Waals surface area contributed by atoms with Gasteiger partial charge in [-0.1, -0.05) is 0 Å². The van der Waals surface area contributed by atoms with Crippen LogP contribution in [0.3, 0.4) is 0 Å².